The molecule has 1 aromatic rings. The number of rotatable bonds is 8. The first-order valence-electron chi connectivity index (χ1n) is 8.23. The molecule has 0 N–H and O–H groups in total. The average molecular weight is 351 g/mol. The molecule has 0 aliphatic heterocycles. The molecular formula is C18H26F5N. The maximum atomic E-state index is 14.3. The van der Waals surface area contributed by atoms with E-state index in [0.29, 0.717) is 11.1 Å². The summed E-state index contributed by atoms with van der Waals surface area (Å²) in [6.45, 7) is 6.17. The highest BCUT2D eigenvalue weighted by atomic mass is 19.3. The van der Waals surface area contributed by atoms with E-state index >= 15 is 0 Å². The van der Waals surface area contributed by atoms with E-state index in [4.69, 9.17) is 0 Å². The first kappa shape index (κ1) is 20.7. The minimum absolute atomic E-state index is 0.0654. The zero-order valence-corrected chi connectivity index (χ0v) is 14.9. The highest BCUT2D eigenvalue weighted by molar-refractivity contribution is 5.52. The van der Waals surface area contributed by atoms with Crippen molar-refractivity contribution >= 4 is 5.69 Å². The van der Waals surface area contributed by atoms with Gasteiger partial charge in [0.15, 0.2) is 0 Å². The van der Waals surface area contributed by atoms with Crippen LogP contribution in [0.3, 0.4) is 0 Å². The van der Waals surface area contributed by atoms with Crippen LogP contribution in [0.4, 0.5) is 27.6 Å². The average Bonchev–Trinajstić information content (AvgIpc) is 2.45. The number of alkyl halides is 4. The third-order valence-corrected chi connectivity index (χ3v) is 4.14. The first-order valence-corrected chi connectivity index (χ1v) is 8.23. The van der Waals surface area contributed by atoms with Gasteiger partial charge in [-0.05, 0) is 36.1 Å². The lowest BCUT2D eigenvalue weighted by Gasteiger charge is -2.32. The summed E-state index contributed by atoms with van der Waals surface area (Å²) in [5, 5.41) is 0. The molecule has 24 heavy (non-hydrogen) atoms. The second-order valence-corrected chi connectivity index (χ2v) is 6.59. The predicted octanol–water partition coefficient (Wildman–Crippen LogP) is 6.15. The Balaban J connectivity index is 3.28. The molecule has 0 spiro atoms. The van der Waals surface area contributed by atoms with E-state index in [-0.39, 0.29) is 11.6 Å². The first-order chi connectivity index (χ1) is 10.9. The van der Waals surface area contributed by atoms with Gasteiger partial charge in [-0.2, -0.15) is 0 Å². The molecule has 0 atom stereocenters. The Morgan fingerprint density at radius 2 is 1.42 bits per heavy atom. The van der Waals surface area contributed by atoms with Crippen molar-refractivity contribution in [2.24, 2.45) is 0 Å². The predicted molar refractivity (Wildman–Crippen MR) is 87.9 cm³/mol. The van der Waals surface area contributed by atoms with Crippen molar-refractivity contribution in [3.8, 4) is 0 Å². The molecule has 138 valence electrons. The van der Waals surface area contributed by atoms with Gasteiger partial charge in [0.05, 0.1) is 13.1 Å². The smallest absolute Gasteiger partial charge is 0.264 e. The number of hydrogen-bond acceptors (Lipinski definition) is 1. The van der Waals surface area contributed by atoms with Crippen LogP contribution in [0.5, 0.6) is 0 Å². The maximum Gasteiger partial charge on any atom is 0.264 e. The summed E-state index contributed by atoms with van der Waals surface area (Å²) < 4.78 is 69.5. The molecule has 0 aliphatic rings. The van der Waals surface area contributed by atoms with Crippen molar-refractivity contribution in [3.05, 3.63) is 29.1 Å². The molecule has 0 saturated heterocycles. The lowest BCUT2D eigenvalue weighted by atomic mass is 9.96. The van der Waals surface area contributed by atoms with Crippen LogP contribution in [0.15, 0.2) is 12.1 Å². The Hall–Kier alpha value is -1.33. The van der Waals surface area contributed by atoms with Crippen LogP contribution in [0.25, 0.3) is 0 Å². The van der Waals surface area contributed by atoms with Crippen LogP contribution in [0.2, 0.25) is 0 Å². The van der Waals surface area contributed by atoms with Gasteiger partial charge in [0.25, 0.3) is 11.8 Å². The van der Waals surface area contributed by atoms with Crippen molar-refractivity contribution in [2.45, 2.75) is 65.2 Å². The van der Waals surface area contributed by atoms with E-state index in [1.54, 1.807) is 6.92 Å². The van der Waals surface area contributed by atoms with Crippen LogP contribution >= 0.6 is 0 Å². The molecular weight excluding hydrogens is 325 g/mol. The molecule has 0 amide bonds. The zero-order valence-electron chi connectivity index (χ0n) is 14.9. The molecule has 0 aromatic heterocycles. The number of hydrogen-bond donors (Lipinski definition) is 0. The Bertz CT molecular complexity index is 513. The van der Waals surface area contributed by atoms with E-state index in [2.05, 4.69) is 0 Å². The van der Waals surface area contributed by atoms with Crippen LogP contribution in [-0.4, -0.2) is 24.9 Å². The van der Waals surface area contributed by atoms with E-state index in [1.807, 2.05) is 13.8 Å². The van der Waals surface area contributed by atoms with Crippen LogP contribution in [-0.2, 0) is 0 Å². The topological polar surface area (TPSA) is 3.24 Å². The molecule has 0 heterocycles. The maximum absolute atomic E-state index is 14.3. The van der Waals surface area contributed by atoms with Crippen molar-refractivity contribution in [1.82, 2.24) is 0 Å². The van der Waals surface area contributed by atoms with Crippen LogP contribution in [0.1, 0.15) is 57.6 Å². The Kier molecular flexibility index (Phi) is 6.65. The van der Waals surface area contributed by atoms with Crippen molar-refractivity contribution in [1.29, 1.82) is 0 Å². The minimum atomic E-state index is -3.12. The quantitative estimate of drug-likeness (QED) is 0.507. The van der Waals surface area contributed by atoms with Gasteiger partial charge in [0, 0.05) is 18.5 Å². The van der Waals surface area contributed by atoms with Gasteiger partial charge >= 0.3 is 0 Å². The summed E-state index contributed by atoms with van der Waals surface area (Å²) in [4.78, 5) is 0.896. The molecule has 0 unspecified atom stereocenters. The normalized spacial score (nSPS) is 12.8. The van der Waals surface area contributed by atoms with Gasteiger partial charge in [-0.25, -0.2) is 22.0 Å². The highest BCUT2D eigenvalue weighted by Crippen LogP contribution is 2.32. The Morgan fingerprint density at radius 1 is 0.958 bits per heavy atom. The third-order valence-electron chi connectivity index (χ3n) is 4.14. The SMILES string of the molecule is CCC(F)(F)CN(CC(F)(F)CC)c1cc(C)c(C(C)C)c(F)c1. The highest BCUT2D eigenvalue weighted by Gasteiger charge is 2.36. The molecule has 1 nitrogen and oxygen atoms in total. The molecule has 6 heteroatoms. The summed E-state index contributed by atoms with van der Waals surface area (Å²) in [6.07, 6.45) is -0.931. The minimum Gasteiger partial charge on any atom is -0.359 e. The fourth-order valence-corrected chi connectivity index (χ4v) is 2.67. The second kappa shape index (κ2) is 7.70. The largest absolute Gasteiger partial charge is 0.359 e. The molecule has 0 fully saturated rings. The van der Waals surface area contributed by atoms with Crippen molar-refractivity contribution in [2.75, 3.05) is 18.0 Å². The van der Waals surface area contributed by atoms with Gasteiger partial charge in [-0.15, -0.1) is 0 Å². The standard InChI is InChI=1S/C18H26F5N/c1-6-17(20,21)10-24(11-18(22,23)7-2)14-8-13(5)16(12(3)4)15(19)9-14/h8-9,12H,6-7,10-11H2,1-5H3. The molecule has 0 saturated carbocycles. The number of aryl methyl sites for hydroxylation is 1. The number of benzene rings is 1. The second-order valence-electron chi connectivity index (χ2n) is 6.59. The molecule has 1 aromatic carbocycles. The number of anilines is 1. The van der Waals surface area contributed by atoms with Crippen molar-refractivity contribution in [3.63, 3.8) is 0 Å². The lowest BCUT2D eigenvalue weighted by Crippen LogP contribution is -2.43. The molecule has 0 aliphatic carbocycles. The van der Waals surface area contributed by atoms with Gasteiger partial charge in [-0.3, -0.25) is 0 Å². The summed E-state index contributed by atoms with van der Waals surface area (Å²) in [6, 6.07) is 2.59. The van der Waals surface area contributed by atoms with Gasteiger partial charge in [0.2, 0.25) is 0 Å². The van der Waals surface area contributed by atoms with Crippen molar-refractivity contribution < 1.29 is 22.0 Å². The summed E-state index contributed by atoms with van der Waals surface area (Å²) in [7, 11) is 0. The summed E-state index contributed by atoms with van der Waals surface area (Å²) in [5.74, 6) is -6.87. The molecule has 1 rings (SSSR count). The number of nitrogens with zero attached hydrogens (tertiary/aromatic N) is 1. The summed E-state index contributed by atoms with van der Waals surface area (Å²) in [5.41, 5.74) is 1.11. The third kappa shape index (κ3) is 5.35. The van der Waals surface area contributed by atoms with Gasteiger partial charge in [-0.1, -0.05) is 27.7 Å². The Labute approximate surface area is 140 Å². The summed E-state index contributed by atoms with van der Waals surface area (Å²) >= 11 is 0. The van der Waals surface area contributed by atoms with E-state index in [1.165, 1.54) is 19.9 Å². The Morgan fingerprint density at radius 3 is 1.75 bits per heavy atom. The zero-order chi connectivity index (χ0) is 18.7. The van der Waals surface area contributed by atoms with E-state index in [0.717, 1.165) is 11.0 Å². The molecule has 0 radical (unpaired) electrons. The van der Waals surface area contributed by atoms with Crippen LogP contribution in [0, 0.1) is 12.7 Å². The van der Waals surface area contributed by atoms with Gasteiger partial charge in [0.1, 0.15) is 5.82 Å². The lowest BCUT2D eigenvalue weighted by molar-refractivity contribution is -0.0159. The van der Waals surface area contributed by atoms with Gasteiger partial charge < -0.3 is 4.90 Å². The van der Waals surface area contributed by atoms with Crippen LogP contribution < -0.4 is 4.90 Å². The van der Waals surface area contributed by atoms with E-state index < -0.39 is 43.6 Å². The fraction of sp³-hybridized carbons (Fsp3) is 0.667. The molecule has 0 bridgehead atoms. The van der Waals surface area contributed by atoms with E-state index in [9.17, 15) is 22.0 Å². The monoisotopic (exact) mass is 351 g/mol. The fourth-order valence-electron chi connectivity index (χ4n) is 2.67. The number of halogens is 5.